The molecule has 1 atom stereocenters. The summed E-state index contributed by atoms with van der Waals surface area (Å²) in [5.41, 5.74) is 2.99. The minimum absolute atomic E-state index is 0.0916. The normalized spacial score (nSPS) is 18.6. The summed E-state index contributed by atoms with van der Waals surface area (Å²) in [6, 6.07) is 16.6. The van der Waals surface area contributed by atoms with Crippen LogP contribution in [0, 0.1) is 0 Å². The zero-order chi connectivity index (χ0) is 20.6. The van der Waals surface area contributed by atoms with E-state index in [1.165, 1.54) is 6.07 Å². The summed E-state index contributed by atoms with van der Waals surface area (Å²) in [7, 11) is 0. The van der Waals surface area contributed by atoms with Gasteiger partial charge in [0.15, 0.2) is 0 Å². The largest absolute Gasteiger partial charge is 0.344 e. The molecule has 0 aliphatic carbocycles. The number of nitrogens with zero attached hydrogens (tertiary/aromatic N) is 2. The molecule has 146 valence electrons. The van der Waals surface area contributed by atoms with Gasteiger partial charge < -0.3 is 5.32 Å². The van der Waals surface area contributed by atoms with Crippen molar-refractivity contribution in [1.29, 1.82) is 0 Å². The number of hydrogen-bond acceptors (Lipinski definition) is 4. The van der Waals surface area contributed by atoms with Gasteiger partial charge in [0.05, 0.1) is 5.69 Å². The van der Waals surface area contributed by atoms with Crippen molar-refractivity contribution in [2.75, 3.05) is 0 Å². The molecule has 0 radical (unpaired) electrons. The van der Waals surface area contributed by atoms with Crippen LogP contribution in [-0.4, -0.2) is 33.1 Å². The second-order valence-electron chi connectivity index (χ2n) is 6.68. The van der Waals surface area contributed by atoms with Crippen molar-refractivity contribution in [3.8, 4) is 11.3 Å². The average molecular weight is 410 g/mol. The summed E-state index contributed by atoms with van der Waals surface area (Å²) in [5, 5.41) is 10.5. The van der Waals surface area contributed by atoms with Crippen molar-refractivity contribution in [3.05, 3.63) is 76.9 Å². The Morgan fingerprint density at radius 3 is 2.59 bits per heavy atom. The third kappa shape index (κ3) is 3.34. The summed E-state index contributed by atoms with van der Waals surface area (Å²) in [5.74, 6) is -1.26. The van der Waals surface area contributed by atoms with E-state index in [1.54, 1.807) is 55.5 Å². The minimum atomic E-state index is -1.27. The molecule has 9 heteroatoms. The number of urea groups is 1. The number of carbonyl (C=O) groups is 3. The van der Waals surface area contributed by atoms with Gasteiger partial charge >= 0.3 is 6.03 Å². The monoisotopic (exact) mass is 409 g/mol. The first-order valence-corrected chi connectivity index (χ1v) is 9.11. The third-order valence-corrected chi connectivity index (χ3v) is 4.93. The molecular weight excluding hydrogens is 394 g/mol. The van der Waals surface area contributed by atoms with E-state index < -0.39 is 23.4 Å². The van der Waals surface area contributed by atoms with Crippen molar-refractivity contribution in [3.63, 3.8) is 0 Å². The molecule has 4 rings (SSSR count). The summed E-state index contributed by atoms with van der Waals surface area (Å²) < 4.78 is 0. The van der Waals surface area contributed by atoms with Gasteiger partial charge in [-0.25, -0.2) is 4.79 Å². The lowest BCUT2D eigenvalue weighted by Crippen LogP contribution is -2.48. The Morgan fingerprint density at radius 1 is 1.10 bits per heavy atom. The van der Waals surface area contributed by atoms with Gasteiger partial charge in [-0.15, -0.1) is 0 Å². The van der Waals surface area contributed by atoms with Crippen LogP contribution < -0.4 is 10.7 Å². The van der Waals surface area contributed by atoms with Gasteiger partial charge in [-0.3, -0.25) is 20.1 Å². The number of hydrogen-bond donors (Lipinski definition) is 3. The van der Waals surface area contributed by atoms with Crippen LogP contribution in [0.4, 0.5) is 4.79 Å². The standard InChI is InChI=1S/C20H16ClN5O3/c1-20(13-7-3-2-4-8-13)18(28)26(19(29)22-20)25-17(27)16-11-15(23-24-16)12-6-5-9-14(21)10-12/h2-11H,1H3,(H,22,29)(H,23,24)(H,25,27). The number of benzene rings is 2. The zero-order valence-electron chi connectivity index (χ0n) is 15.3. The maximum absolute atomic E-state index is 12.9. The molecule has 3 N–H and O–H groups in total. The van der Waals surface area contributed by atoms with E-state index in [1.807, 2.05) is 6.07 Å². The maximum Gasteiger partial charge on any atom is 0.344 e. The Kier molecular flexibility index (Phi) is 4.56. The molecule has 0 bridgehead atoms. The molecule has 29 heavy (non-hydrogen) atoms. The molecule has 1 aliphatic rings. The Labute approximate surface area is 170 Å². The SMILES string of the molecule is CC1(c2ccccc2)NC(=O)N(NC(=O)c2cc(-c3cccc(Cl)c3)n[nH]2)C1=O. The van der Waals surface area contributed by atoms with Crippen LogP contribution in [0.15, 0.2) is 60.7 Å². The van der Waals surface area contributed by atoms with Crippen molar-refractivity contribution >= 4 is 29.4 Å². The molecule has 1 saturated heterocycles. The van der Waals surface area contributed by atoms with Crippen molar-refractivity contribution in [2.24, 2.45) is 0 Å². The van der Waals surface area contributed by atoms with Crippen LogP contribution in [0.1, 0.15) is 23.0 Å². The molecule has 1 aromatic heterocycles. The fraction of sp³-hybridized carbons (Fsp3) is 0.100. The molecule has 2 aromatic carbocycles. The van der Waals surface area contributed by atoms with Crippen LogP contribution in [0.3, 0.4) is 0 Å². The zero-order valence-corrected chi connectivity index (χ0v) is 16.0. The quantitative estimate of drug-likeness (QED) is 0.576. The molecule has 8 nitrogen and oxygen atoms in total. The van der Waals surface area contributed by atoms with Crippen molar-refractivity contribution in [2.45, 2.75) is 12.5 Å². The number of amides is 4. The molecule has 1 unspecified atom stereocenters. The number of halogens is 1. The fourth-order valence-electron chi connectivity index (χ4n) is 3.10. The Hall–Kier alpha value is -3.65. The van der Waals surface area contributed by atoms with E-state index in [4.69, 9.17) is 11.6 Å². The molecule has 1 fully saturated rings. The van der Waals surface area contributed by atoms with Gasteiger partial charge in [0.1, 0.15) is 11.2 Å². The maximum atomic E-state index is 12.9. The second-order valence-corrected chi connectivity index (χ2v) is 7.12. The van der Waals surface area contributed by atoms with Crippen LogP contribution in [0.5, 0.6) is 0 Å². The number of H-pyrrole nitrogens is 1. The highest BCUT2D eigenvalue weighted by atomic mass is 35.5. The van der Waals surface area contributed by atoms with E-state index in [0.717, 1.165) is 5.56 Å². The topological polar surface area (TPSA) is 107 Å². The predicted octanol–water partition coefficient (Wildman–Crippen LogP) is 2.84. The first-order valence-electron chi connectivity index (χ1n) is 8.73. The van der Waals surface area contributed by atoms with Crippen LogP contribution >= 0.6 is 11.6 Å². The number of rotatable bonds is 4. The molecule has 1 aliphatic heterocycles. The van der Waals surface area contributed by atoms with E-state index in [0.29, 0.717) is 21.3 Å². The van der Waals surface area contributed by atoms with Gasteiger partial charge in [0, 0.05) is 10.6 Å². The summed E-state index contributed by atoms with van der Waals surface area (Å²) in [6.45, 7) is 1.59. The van der Waals surface area contributed by atoms with E-state index in [2.05, 4.69) is 20.9 Å². The van der Waals surface area contributed by atoms with E-state index >= 15 is 0 Å². The van der Waals surface area contributed by atoms with Crippen LogP contribution in [0.25, 0.3) is 11.3 Å². The number of imide groups is 1. The Morgan fingerprint density at radius 2 is 1.86 bits per heavy atom. The number of nitrogens with one attached hydrogen (secondary N) is 3. The Balaban J connectivity index is 1.53. The van der Waals surface area contributed by atoms with Crippen molar-refractivity contribution in [1.82, 2.24) is 25.9 Å². The van der Waals surface area contributed by atoms with E-state index in [9.17, 15) is 14.4 Å². The first-order chi connectivity index (χ1) is 13.9. The Bertz CT molecular complexity index is 1110. The number of carbonyl (C=O) groups excluding carboxylic acids is 3. The first kappa shape index (κ1) is 18.7. The lowest BCUT2D eigenvalue weighted by Gasteiger charge is -2.21. The van der Waals surface area contributed by atoms with Gasteiger partial charge in [-0.1, -0.05) is 54.1 Å². The van der Waals surface area contributed by atoms with Gasteiger partial charge in [-0.05, 0) is 30.7 Å². The predicted molar refractivity (Wildman–Crippen MR) is 106 cm³/mol. The average Bonchev–Trinajstić information content (AvgIpc) is 3.29. The van der Waals surface area contributed by atoms with E-state index in [-0.39, 0.29) is 5.69 Å². The lowest BCUT2D eigenvalue weighted by atomic mass is 9.92. The lowest BCUT2D eigenvalue weighted by molar-refractivity contribution is -0.132. The molecule has 4 amide bonds. The highest BCUT2D eigenvalue weighted by Gasteiger charge is 2.50. The summed E-state index contributed by atoms with van der Waals surface area (Å²) in [4.78, 5) is 37.8. The number of hydrazine groups is 1. The van der Waals surface area contributed by atoms with Gasteiger partial charge in [-0.2, -0.15) is 10.1 Å². The smallest absolute Gasteiger partial charge is 0.318 e. The van der Waals surface area contributed by atoms with Crippen molar-refractivity contribution < 1.29 is 14.4 Å². The fourth-order valence-corrected chi connectivity index (χ4v) is 3.29. The van der Waals surface area contributed by atoms with Gasteiger partial charge in [0.25, 0.3) is 11.8 Å². The van der Waals surface area contributed by atoms with Gasteiger partial charge in [0.2, 0.25) is 0 Å². The van der Waals surface area contributed by atoms with Crippen LogP contribution in [0.2, 0.25) is 5.02 Å². The summed E-state index contributed by atoms with van der Waals surface area (Å²) >= 11 is 5.98. The minimum Gasteiger partial charge on any atom is -0.318 e. The highest BCUT2D eigenvalue weighted by Crippen LogP contribution is 2.28. The number of aromatic nitrogens is 2. The molecule has 0 saturated carbocycles. The molecule has 0 spiro atoms. The molecule has 2 heterocycles. The molecular formula is C20H16ClN5O3. The highest BCUT2D eigenvalue weighted by molar-refractivity contribution is 6.30. The van der Waals surface area contributed by atoms with Crippen LogP contribution in [-0.2, 0) is 10.3 Å². The third-order valence-electron chi connectivity index (χ3n) is 4.70. The summed E-state index contributed by atoms with van der Waals surface area (Å²) in [6.07, 6.45) is 0. The molecule has 3 aromatic rings. The second kappa shape index (κ2) is 7.06. The number of aromatic amines is 1.